The maximum absolute atomic E-state index is 13.3. The molecule has 2 aliphatic heterocycles. The number of carbonyl (C=O) groups is 2. The van der Waals surface area contributed by atoms with Gasteiger partial charge in [-0.25, -0.2) is 9.59 Å². The lowest BCUT2D eigenvalue weighted by Gasteiger charge is -2.39. The van der Waals surface area contributed by atoms with Crippen molar-refractivity contribution in [3.05, 3.63) is 56.7 Å². The first-order valence-corrected chi connectivity index (χ1v) is 11.2. The van der Waals surface area contributed by atoms with Crippen LogP contribution in [0.4, 0.5) is 0 Å². The van der Waals surface area contributed by atoms with Crippen LogP contribution in [0.5, 0.6) is 0 Å². The number of carboxylic acid groups (broad SMARTS) is 1. The molecule has 172 valence electrons. The van der Waals surface area contributed by atoms with Crippen LogP contribution in [0.25, 0.3) is 0 Å². The number of halogens is 1. The number of aliphatic carboxylic acids is 1. The summed E-state index contributed by atoms with van der Waals surface area (Å²) >= 11 is 8.03. The average molecular weight is 484 g/mol. The molecule has 0 amide bonds. The van der Waals surface area contributed by atoms with Gasteiger partial charge in [0.1, 0.15) is 24.4 Å². The van der Waals surface area contributed by atoms with E-state index < -0.39 is 48.7 Å². The van der Waals surface area contributed by atoms with Crippen molar-refractivity contribution in [2.24, 2.45) is 0 Å². The standard InChI is InChI=1S/C21H22ClNO8S/c22-12-4-2-1-3-11(12)14(23-7-5-13-10(9-23)6-8-32-13)20(29)31-21-17(26)15(24)16(25)18(30-21)19(27)28/h1-4,6,8,14-18,21,24-26H,5,7,9H2,(H,27,28)/t14-,15?,16?,17?,18?,21?/m0/s1. The summed E-state index contributed by atoms with van der Waals surface area (Å²) in [6.45, 7) is 1.02. The average Bonchev–Trinajstić information content (AvgIpc) is 3.23. The summed E-state index contributed by atoms with van der Waals surface area (Å²) in [6, 6.07) is 7.82. The van der Waals surface area contributed by atoms with Crippen LogP contribution in [0.1, 0.15) is 22.0 Å². The zero-order valence-electron chi connectivity index (χ0n) is 16.7. The van der Waals surface area contributed by atoms with Gasteiger partial charge in [-0.05, 0) is 35.1 Å². The molecular formula is C21H22ClNO8S. The molecule has 4 rings (SSSR count). The van der Waals surface area contributed by atoms with E-state index in [0.717, 1.165) is 12.0 Å². The number of carbonyl (C=O) groups excluding carboxylic acids is 1. The lowest BCUT2D eigenvalue weighted by Crippen LogP contribution is -2.61. The Labute approximate surface area is 192 Å². The monoisotopic (exact) mass is 483 g/mol. The quantitative estimate of drug-likeness (QED) is 0.458. The van der Waals surface area contributed by atoms with Gasteiger partial charge < -0.3 is 29.9 Å². The van der Waals surface area contributed by atoms with Crippen molar-refractivity contribution in [1.82, 2.24) is 4.90 Å². The summed E-state index contributed by atoms with van der Waals surface area (Å²) < 4.78 is 10.5. The normalized spacial score (nSPS) is 29.2. The van der Waals surface area contributed by atoms with E-state index in [2.05, 4.69) is 0 Å². The molecule has 2 aromatic rings. The van der Waals surface area contributed by atoms with Gasteiger partial charge in [0.15, 0.2) is 6.10 Å². The van der Waals surface area contributed by atoms with Gasteiger partial charge in [0.05, 0.1) is 0 Å². The third-order valence-electron chi connectivity index (χ3n) is 5.67. The van der Waals surface area contributed by atoms with E-state index in [1.165, 1.54) is 4.88 Å². The van der Waals surface area contributed by atoms with Crippen LogP contribution >= 0.6 is 22.9 Å². The summed E-state index contributed by atoms with van der Waals surface area (Å²) in [5.41, 5.74) is 1.57. The highest BCUT2D eigenvalue weighted by molar-refractivity contribution is 7.10. The molecule has 4 N–H and O–H groups in total. The Morgan fingerprint density at radius 2 is 1.91 bits per heavy atom. The molecule has 1 saturated heterocycles. The molecule has 9 nitrogen and oxygen atoms in total. The first-order valence-electron chi connectivity index (χ1n) is 9.94. The van der Waals surface area contributed by atoms with Crippen LogP contribution in [0.3, 0.4) is 0 Å². The lowest BCUT2D eigenvalue weighted by atomic mass is 9.98. The molecule has 3 heterocycles. The number of esters is 1. The van der Waals surface area contributed by atoms with Gasteiger partial charge in [-0.3, -0.25) is 4.90 Å². The van der Waals surface area contributed by atoms with Crippen molar-refractivity contribution in [1.29, 1.82) is 0 Å². The van der Waals surface area contributed by atoms with E-state index in [0.29, 0.717) is 23.7 Å². The number of fused-ring (bicyclic) bond motifs is 1. The number of nitrogens with zero attached hydrogens (tertiary/aromatic N) is 1. The van der Waals surface area contributed by atoms with Gasteiger partial charge in [-0.1, -0.05) is 29.8 Å². The Morgan fingerprint density at radius 3 is 2.62 bits per heavy atom. The Balaban J connectivity index is 1.61. The van der Waals surface area contributed by atoms with Crippen molar-refractivity contribution in [2.45, 2.75) is 49.7 Å². The molecular weight excluding hydrogens is 462 g/mol. The summed E-state index contributed by atoms with van der Waals surface area (Å²) in [6.07, 6.45) is -8.50. The van der Waals surface area contributed by atoms with Gasteiger partial charge in [-0.2, -0.15) is 0 Å². The van der Waals surface area contributed by atoms with Crippen LogP contribution in [0.15, 0.2) is 35.7 Å². The molecule has 1 aromatic heterocycles. The number of hydrogen-bond donors (Lipinski definition) is 4. The number of benzene rings is 1. The number of carboxylic acids is 1. The van der Waals surface area contributed by atoms with Crippen molar-refractivity contribution in [3.8, 4) is 0 Å². The van der Waals surface area contributed by atoms with Gasteiger partial charge in [0, 0.05) is 23.0 Å². The number of thiophene rings is 1. The zero-order valence-corrected chi connectivity index (χ0v) is 18.3. The minimum atomic E-state index is -1.88. The lowest BCUT2D eigenvalue weighted by molar-refractivity contribution is -0.287. The van der Waals surface area contributed by atoms with E-state index in [-0.39, 0.29) is 0 Å². The molecule has 11 heteroatoms. The Bertz CT molecular complexity index is 1000. The van der Waals surface area contributed by atoms with Crippen LogP contribution in [-0.4, -0.2) is 74.5 Å². The third kappa shape index (κ3) is 4.40. The van der Waals surface area contributed by atoms with Crippen LogP contribution < -0.4 is 0 Å². The van der Waals surface area contributed by atoms with Crippen molar-refractivity contribution >= 4 is 34.9 Å². The number of aliphatic hydroxyl groups is 3. The molecule has 0 aliphatic carbocycles. The van der Waals surface area contributed by atoms with Gasteiger partial charge in [0.25, 0.3) is 0 Å². The minimum absolute atomic E-state index is 0.342. The maximum Gasteiger partial charge on any atom is 0.335 e. The first-order chi connectivity index (χ1) is 15.3. The minimum Gasteiger partial charge on any atom is -0.479 e. The highest BCUT2D eigenvalue weighted by Crippen LogP contribution is 2.35. The number of hydrogen-bond acceptors (Lipinski definition) is 9. The molecule has 1 aromatic carbocycles. The molecule has 1 fully saturated rings. The van der Waals surface area contributed by atoms with Gasteiger partial charge in [-0.15, -0.1) is 11.3 Å². The Hall–Kier alpha value is -2.05. The smallest absolute Gasteiger partial charge is 0.335 e. The summed E-state index contributed by atoms with van der Waals surface area (Å²) in [7, 11) is 0. The topological polar surface area (TPSA) is 137 Å². The second-order valence-electron chi connectivity index (χ2n) is 7.69. The highest BCUT2D eigenvalue weighted by Gasteiger charge is 2.49. The molecule has 2 aliphatic rings. The fourth-order valence-corrected chi connectivity index (χ4v) is 5.12. The first kappa shape index (κ1) is 23.1. The second kappa shape index (κ2) is 9.44. The molecule has 0 spiro atoms. The summed E-state index contributed by atoms with van der Waals surface area (Å²) in [5.74, 6) is -2.39. The van der Waals surface area contributed by atoms with Crippen molar-refractivity contribution in [2.75, 3.05) is 6.54 Å². The maximum atomic E-state index is 13.3. The predicted molar refractivity (Wildman–Crippen MR) is 113 cm³/mol. The number of ether oxygens (including phenoxy) is 2. The number of rotatable bonds is 5. The van der Waals surface area contributed by atoms with E-state index in [1.54, 1.807) is 35.6 Å². The predicted octanol–water partition coefficient (Wildman–Crippen LogP) is 0.936. The van der Waals surface area contributed by atoms with E-state index in [9.17, 15) is 30.0 Å². The van der Waals surface area contributed by atoms with Crippen LogP contribution in [0.2, 0.25) is 5.02 Å². The molecule has 0 bridgehead atoms. The molecule has 0 saturated carbocycles. The molecule has 6 atom stereocenters. The summed E-state index contributed by atoms with van der Waals surface area (Å²) in [5, 5.41) is 41.7. The third-order valence-corrected chi connectivity index (χ3v) is 7.04. The zero-order chi connectivity index (χ0) is 23.0. The fourth-order valence-electron chi connectivity index (χ4n) is 3.99. The van der Waals surface area contributed by atoms with Crippen LogP contribution in [-0.2, 0) is 32.0 Å². The summed E-state index contributed by atoms with van der Waals surface area (Å²) in [4.78, 5) is 27.8. The van der Waals surface area contributed by atoms with Crippen molar-refractivity contribution in [3.63, 3.8) is 0 Å². The Morgan fingerprint density at radius 1 is 1.16 bits per heavy atom. The van der Waals surface area contributed by atoms with E-state index in [1.807, 2.05) is 16.3 Å². The molecule has 5 unspecified atom stereocenters. The Kier molecular flexibility index (Phi) is 6.82. The van der Waals surface area contributed by atoms with Crippen molar-refractivity contribution < 1.29 is 39.5 Å². The van der Waals surface area contributed by atoms with Gasteiger partial charge in [0.2, 0.25) is 6.29 Å². The highest BCUT2D eigenvalue weighted by atomic mass is 35.5. The fraction of sp³-hybridized carbons (Fsp3) is 0.429. The van der Waals surface area contributed by atoms with Gasteiger partial charge >= 0.3 is 11.9 Å². The number of aliphatic hydroxyl groups excluding tert-OH is 3. The van der Waals surface area contributed by atoms with Crippen LogP contribution in [0, 0.1) is 0 Å². The van der Waals surface area contributed by atoms with E-state index >= 15 is 0 Å². The molecule has 0 radical (unpaired) electrons. The SMILES string of the molecule is O=C(O)C1OC(OC(=O)[C@H](c2ccccc2Cl)N2CCc3sccc3C2)C(O)C(O)C1O. The van der Waals surface area contributed by atoms with E-state index in [4.69, 9.17) is 21.1 Å². The second-order valence-corrected chi connectivity index (χ2v) is 9.09. The molecule has 32 heavy (non-hydrogen) atoms. The largest absolute Gasteiger partial charge is 0.479 e.